The van der Waals surface area contributed by atoms with Gasteiger partial charge < -0.3 is 14.8 Å². The quantitative estimate of drug-likeness (QED) is 0.493. The van der Waals surface area contributed by atoms with Gasteiger partial charge in [0.2, 0.25) is 0 Å². The second-order valence-electron chi connectivity index (χ2n) is 6.04. The number of benzene rings is 1. The van der Waals surface area contributed by atoms with Gasteiger partial charge >= 0.3 is 5.97 Å². The maximum Gasteiger partial charge on any atom is 0.344 e. The van der Waals surface area contributed by atoms with Crippen molar-refractivity contribution in [1.29, 1.82) is 0 Å². The molecule has 130 valence electrons. The Morgan fingerprint density at radius 2 is 2.00 bits per heavy atom. The number of carbonyl (C=O) groups is 1. The molecule has 0 atom stereocenters. The number of rotatable bonds is 10. The van der Waals surface area contributed by atoms with Crippen LogP contribution in [0, 0.1) is 0 Å². The Kier molecular flexibility index (Phi) is 8.74. The fourth-order valence-electron chi connectivity index (χ4n) is 1.88. The maximum atomic E-state index is 11.8. The van der Waals surface area contributed by atoms with Gasteiger partial charge in [-0.05, 0) is 45.0 Å². The SMILES string of the molecule is CCCCCNC(C)(C)COC(=O)COc1ccc(Cl)cc1Cl. The molecule has 0 unspecified atom stereocenters. The lowest BCUT2D eigenvalue weighted by atomic mass is 10.1. The molecule has 0 aliphatic carbocycles. The van der Waals surface area contributed by atoms with Crippen molar-refractivity contribution >= 4 is 29.2 Å². The molecule has 0 spiro atoms. The Morgan fingerprint density at radius 1 is 1.26 bits per heavy atom. The highest BCUT2D eigenvalue weighted by atomic mass is 35.5. The minimum atomic E-state index is -0.431. The molecule has 0 aliphatic heterocycles. The van der Waals surface area contributed by atoms with E-state index in [1.165, 1.54) is 12.8 Å². The molecule has 1 aromatic carbocycles. The van der Waals surface area contributed by atoms with Crippen LogP contribution in [0.2, 0.25) is 10.0 Å². The highest BCUT2D eigenvalue weighted by molar-refractivity contribution is 6.35. The number of unbranched alkanes of at least 4 members (excludes halogenated alkanes) is 2. The van der Waals surface area contributed by atoms with Crippen molar-refractivity contribution in [3.05, 3.63) is 28.2 Å². The second-order valence-corrected chi connectivity index (χ2v) is 6.89. The molecule has 0 saturated carbocycles. The summed E-state index contributed by atoms with van der Waals surface area (Å²) in [6, 6.07) is 4.84. The summed E-state index contributed by atoms with van der Waals surface area (Å²) in [5, 5.41) is 4.26. The van der Waals surface area contributed by atoms with E-state index in [1.807, 2.05) is 13.8 Å². The summed E-state index contributed by atoms with van der Waals surface area (Å²) < 4.78 is 10.6. The summed E-state index contributed by atoms with van der Waals surface area (Å²) in [5.74, 6) is -0.0237. The molecule has 23 heavy (non-hydrogen) atoms. The first-order valence-electron chi connectivity index (χ1n) is 7.82. The predicted molar refractivity (Wildman–Crippen MR) is 94.5 cm³/mol. The number of hydrogen-bond donors (Lipinski definition) is 1. The molecule has 1 N–H and O–H groups in total. The molecule has 6 heteroatoms. The minimum Gasteiger partial charge on any atom is -0.480 e. The molecule has 4 nitrogen and oxygen atoms in total. The predicted octanol–water partition coefficient (Wildman–Crippen LogP) is 4.47. The van der Waals surface area contributed by atoms with Gasteiger partial charge in [0, 0.05) is 10.6 Å². The van der Waals surface area contributed by atoms with Crippen LogP contribution in [-0.2, 0) is 9.53 Å². The molecule has 0 fully saturated rings. The summed E-state index contributed by atoms with van der Waals surface area (Å²) in [4.78, 5) is 11.8. The van der Waals surface area contributed by atoms with Crippen molar-refractivity contribution in [1.82, 2.24) is 5.32 Å². The van der Waals surface area contributed by atoms with E-state index >= 15 is 0 Å². The van der Waals surface area contributed by atoms with Gasteiger partial charge in [-0.3, -0.25) is 0 Å². The zero-order valence-electron chi connectivity index (χ0n) is 14.0. The van der Waals surface area contributed by atoms with Crippen molar-refractivity contribution in [2.24, 2.45) is 0 Å². The number of nitrogens with one attached hydrogen (secondary N) is 1. The first-order chi connectivity index (χ1) is 10.8. The Bertz CT molecular complexity index is 507. The lowest BCUT2D eigenvalue weighted by Gasteiger charge is -2.26. The number of halogens is 2. The van der Waals surface area contributed by atoms with E-state index < -0.39 is 5.97 Å². The lowest BCUT2D eigenvalue weighted by molar-refractivity contribution is -0.147. The van der Waals surface area contributed by atoms with Crippen LogP contribution in [0.25, 0.3) is 0 Å². The summed E-state index contributed by atoms with van der Waals surface area (Å²) in [6.45, 7) is 7.18. The van der Waals surface area contributed by atoms with Crippen molar-refractivity contribution < 1.29 is 14.3 Å². The lowest BCUT2D eigenvalue weighted by Crippen LogP contribution is -2.44. The molecule has 0 heterocycles. The largest absolute Gasteiger partial charge is 0.480 e. The highest BCUT2D eigenvalue weighted by Crippen LogP contribution is 2.27. The van der Waals surface area contributed by atoms with Crippen LogP contribution in [0.5, 0.6) is 5.75 Å². The molecular weight excluding hydrogens is 337 g/mol. The van der Waals surface area contributed by atoms with Crippen LogP contribution in [0.1, 0.15) is 40.0 Å². The summed E-state index contributed by atoms with van der Waals surface area (Å²) >= 11 is 11.8. The van der Waals surface area contributed by atoms with E-state index in [2.05, 4.69) is 12.2 Å². The van der Waals surface area contributed by atoms with Crippen LogP contribution >= 0.6 is 23.2 Å². The molecule has 0 aliphatic rings. The van der Waals surface area contributed by atoms with E-state index in [1.54, 1.807) is 18.2 Å². The minimum absolute atomic E-state index is 0.187. The zero-order valence-corrected chi connectivity index (χ0v) is 15.5. The van der Waals surface area contributed by atoms with Gasteiger partial charge in [0.1, 0.15) is 12.4 Å². The average Bonchev–Trinajstić information content (AvgIpc) is 2.49. The van der Waals surface area contributed by atoms with Gasteiger partial charge in [-0.25, -0.2) is 4.79 Å². The van der Waals surface area contributed by atoms with Gasteiger partial charge in [0.25, 0.3) is 0 Å². The smallest absolute Gasteiger partial charge is 0.344 e. The van der Waals surface area contributed by atoms with Crippen LogP contribution in [-0.4, -0.2) is 31.3 Å². The third kappa shape index (κ3) is 8.45. The Labute approximate surface area is 148 Å². The Hall–Kier alpha value is -0.970. The second kappa shape index (κ2) is 10.0. The molecule has 0 radical (unpaired) electrons. The summed E-state index contributed by atoms with van der Waals surface area (Å²) in [6.07, 6.45) is 3.49. The first-order valence-corrected chi connectivity index (χ1v) is 8.58. The first kappa shape index (κ1) is 20.1. The van der Waals surface area contributed by atoms with E-state index in [0.29, 0.717) is 15.8 Å². The average molecular weight is 362 g/mol. The number of hydrogen-bond acceptors (Lipinski definition) is 4. The summed E-state index contributed by atoms with van der Waals surface area (Å²) in [5.41, 5.74) is -0.263. The van der Waals surface area contributed by atoms with Crippen molar-refractivity contribution in [2.75, 3.05) is 19.8 Å². The van der Waals surface area contributed by atoms with Crippen LogP contribution in [0.3, 0.4) is 0 Å². The molecule has 0 amide bonds. The molecule has 1 rings (SSSR count). The van der Waals surface area contributed by atoms with Gasteiger partial charge in [-0.15, -0.1) is 0 Å². The van der Waals surface area contributed by atoms with Crippen LogP contribution in [0.15, 0.2) is 18.2 Å². The van der Waals surface area contributed by atoms with Crippen molar-refractivity contribution in [3.8, 4) is 5.75 Å². The van der Waals surface area contributed by atoms with Gasteiger partial charge in [0.05, 0.1) is 5.02 Å². The maximum absolute atomic E-state index is 11.8. The van der Waals surface area contributed by atoms with Gasteiger partial charge in [-0.1, -0.05) is 43.0 Å². The summed E-state index contributed by atoms with van der Waals surface area (Å²) in [7, 11) is 0. The molecule has 0 aromatic heterocycles. The molecular formula is C17H25Cl2NO3. The van der Waals surface area contributed by atoms with Gasteiger partial charge in [-0.2, -0.15) is 0 Å². The van der Waals surface area contributed by atoms with Crippen molar-refractivity contribution in [2.45, 2.75) is 45.6 Å². The van der Waals surface area contributed by atoms with E-state index in [0.717, 1.165) is 13.0 Å². The zero-order chi connectivity index (χ0) is 17.3. The fraction of sp³-hybridized carbons (Fsp3) is 0.588. The third-order valence-electron chi connectivity index (χ3n) is 3.22. The standard InChI is InChI=1S/C17H25Cl2NO3/c1-4-5-6-9-20-17(2,3)12-23-16(21)11-22-15-8-7-13(18)10-14(15)19/h7-8,10,20H,4-6,9,11-12H2,1-3H3. The highest BCUT2D eigenvalue weighted by Gasteiger charge is 2.19. The van der Waals surface area contributed by atoms with E-state index in [9.17, 15) is 4.79 Å². The number of ether oxygens (including phenoxy) is 2. The monoisotopic (exact) mass is 361 g/mol. The molecule has 1 aromatic rings. The number of esters is 1. The topological polar surface area (TPSA) is 47.6 Å². The third-order valence-corrected chi connectivity index (χ3v) is 3.75. The van der Waals surface area contributed by atoms with Crippen molar-refractivity contribution in [3.63, 3.8) is 0 Å². The fourth-order valence-corrected chi connectivity index (χ4v) is 2.35. The van der Waals surface area contributed by atoms with E-state index in [-0.39, 0.29) is 18.8 Å². The normalized spacial score (nSPS) is 11.3. The molecule has 0 saturated heterocycles. The molecule has 0 bridgehead atoms. The van der Waals surface area contributed by atoms with Gasteiger partial charge in [0.15, 0.2) is 6.61 Å². The van der Waals surface area contributed by atoms with Crippen LogP contribution < -0.4 is 10.1 Å². The van der Waals surface area contributed by atoms with Crippen LogP contribution in [0.4, 0.5) is 0 Å². The Balaban J connectivity index is 2.30. The Morgan fingerprint density at radius 3 is 2.65 bits per heavy atom. The number of carbonyl (C=O) groups excluding carboxylic acids is 1. The van der Waals surface area contributed by atoms with E-state index in [4.69, 9.17) is 32.7 Å².